The van der Waals surface area contributed by atoms with Gasteiger partial charge in [0.15, 0.2) is 0 Å². The summed E-state index contributed by atoms with van der Waals surface area (Å²) in [7, 11) is 4.75. The molecule has 2 rings (SSSR count). The maximum atomic E-state index is 12.9. The number of nitrogens with one attached hydrogen (secondary N) is 1. The number of hydrogen-bond acceptors (Lipinski definition) is 5. The number of carbonyl (C=O) groups excluding carboxylic acids is 2. The van der Waals surface area contributed by atoms with Crippen LogP contribution in [0.15, 0.2) is 24.3 Å². The Hall–Kier alpha value is -1.96. The molecule has 1 aromatic carbocycles. The molecule has 1 heterocycles. The maximum absolute atomic E-state index is 12.9. The van der Waals surface area contributed by atoms with E-state index < -0.39 is 5.60 Å². The van der Waals surface area contributed by atoms with Crippen molar-refractivity contribution < 1.29 is 23.8 Å². The van der Waals surface area contributed by atoms with Crippen LogP contribution in [0.3, 0.4) is 0 Å². The standard InChI is InChI=1S/C18H26N2O5/c1-19-16(21)10-18(24-3)12-20(8-9-25-13-18)17(22)15-6-4-14(5-7-15)11-23-2/h4-7H,8-13H2,1-3H3,(H,19,21)/t18-/m0/s1. The molecule has 0 unspecified atom stereocenters. The minimum atomic E-state index is -0.845. The fourth-order valence-corrected chi connectivity index (χ4v) is 2.86. The molecular formula is C18H26N2O5. The fourth-order valence-electron chi connectivity index (χ4n) is 2.86. The van der Waals surface area contributed by atoms with Gasteiger partial charge in [-0.3, -0.25) is 9.59 Å². The number of methoxy groups -OCH3 is 2. The van der Waals surface area contributed by atoms with Crippen molar-refractivity contribution in [2.45, 2.75) is 18.6 Å². The van der Waals surface area contributed by atoms with Crippen molar-refractivity contribution in [2.75, 3.05) is 47.6 Å². The van der Waals surface area contributed by atoms with E-state index in [1.54, 1.807) is 38.3 Å². The minimum absolute atomic E-state index is 0.104. The Balaban J connectivity index is 2.15. The molecule has 1 fully saturated rings. The summed E-state index contributed by atoms with van der Waals surface area (Å²) in [6.07, 6.45) is 0.135. The summed E-state index contributed by atoms with van der Waals surface area (Å²) in [5.74, 6) is -0.253. The summed E-state index contributed by atoms with van der Waals surface area (Å²) in [6, 6.07) is 7.32. The average Bonchev–Trinajstić information content (AvgIpc) is 2.85. The zero-order chi connectivity index (χ0) is 18.3. The lowest BCUT2D eigenvalue weighted by Crippen LogP contribution is -2.50. The molecule has 0 saturated carbocycles. The quantitative estimate of drug-likeness (QED) is 0.822. The summed E-state index contributed by atoms with van der Waals surface area (Å²) in [4.78, 5) is 26.4. The molecule has 2 amide bonds. The van der Waals surface area contributed by atoms with E-state index in [-0.39, 0.29) is 24.8 Å². The van der Waals surface area contributed by atoms with E-state index in [2.05, 4.69) is 5.32 Å². The van der Waals surface area contributed by atoms with Gasteiger partial charge in [-0.25, -0.2) is 0 Å². The lowest BCUT2D eigenvalue weighted by molar-refractivity contribution is -0.131. The van der Waals surface area contributed by atoms with Gasteiger partial charge >= 0.3 is 0 Å². The molecule has 0 spiro atoms. The molecule has 0 bridgehead atoms. The highest BCUT2D eigenvalue weighted by Gasteiger charge is 2.38. The summed E-state index contributed by atoms with van der Waals surface area (Å²) in [6.45, 7) is 1.94. The van der Waals surface area contributed by atoms with Gasteiger partial charge < -0.3 is 24.4 Å². The first kappa shape index (κ1) is 19.4. The third-order valence-corrected chi connectivity index (χ3v) is 4.34. The molecule has 0 radical (unpaired) electrons. The highest BCUT2D eigenvalue weighted by Crippen LogP contribution is 2.22. The zero-order valence-corrected chi connectivity index (χ0v) is 15.0. The van der Waals surface area contributed by atoms with Crippen LogP contribution in [-0.2, 0) is 25.6 Å². The second-order valence-corrected chi connectivity index (χ2v) is 6.15. The number of hydrogen-bond donors (Lipinski definition) is 1. The molecule has 7 nitrogen and oxygen atoms in total. The van der Waals surface area contributed by atoms with Crippen LogP contribution >= 0.6 is 0 Å². The zero-order valence-electron chi connectivity index (χ0n) is 15.0. The van der Waals surface area contributed by atoms with Crippen molar-refractivity contribution in [3.63, 3.8) is 0 Å². The largest absolute Gasteiger partial charge is 0.380 e. The van der Waals surface area contributed by atoms with Gasteiger partial charge in [0.2, 0.25) is 5.91 Å². The Morgan fingerprint density at radius 2 is 2.00 bits per heavy atom. The minimum Gasteiger partial charge on any atom is -0.380 e. The molecule has 1 atom stereocenters. The van der Waals surface area contributed by atoms with Crippen molar-refractivity contribution >= 4 is 11.8 Å². The van der Waals surface area contributed by atoms with E-state index in [0.29, 0.717) is 31.9 Å². The van der Waals surface area contributed by atoms with E-state index in [0.717, 1.165) is 5.56 Å². The van der Waals surface area contributed by atoms with Crippen molar-refractivity contribution in [3.8, 4) is 0 Å². The lowest BCUT2D eigenvalue weighted by Gasteiger charge is -2.33. The SMILES string of the molecule is CNC(=O)C[C@@]1(OC)COCCN(C(=O)c2ccc(COC)cc2)C1. The second-order valence-electron chi connectivity index (χ2n) is 6.15. The van der Waals surface area contributed by atoms with Crippen molar-refractivity contribution in [2.24, 2.45) is 0 Å². The van der Waals surface area contributed by atoms with Gasteiger partial charge in [-0.05, 0) is 17.7 Å². The topological polar surface area (TPSA) is 77.1 Å². The van der Waals surface area contributed by atoms with Crippen molar-refractivity contribution in [1.29, 1.82) is 0 Å². The molecule has 7 heteroatoms. The highest BCUT2D eigenvalue weighted by atomic mass is 16.5. The van der Waals surface area contributed by atoms with E-state index in [1.165, 1.54) is 0 Å². The van der Waals surface area contributed by atoms with Crippen molar-refractivity contribution in [3.05, 3.63) is 35.4 Å². The molecule has 1 aromatic rings. The lowest BCUT2D eigenvalue weighted by atomic mass is 9.98. The second kappa shape index (κ2) is 8.94. The van der Waals surface area contributed by atoms with Gasteiger partial charge in [0.25, 0.3) is 5.91 Å². The number of ether oxygens (including phenoxy) is 3. The van der Waals surface area contributed by atoms with E-state index in [1.807, 2.05) is 12.1 Å². The number of rotatable bonds is 6. The number of nitrogens with zero attached hydrogens (tertiary/aromatic N) is 1. The predicted octanol–water partition coefficient (Wildman–Crippen LogP) is 0.827. The van der Waals surface area contributed by atoms with Gasteiger partial charge in [-0.2, -0.15) is 0 Å². The van der Waals surface area contributed by atoms with Gasteiger partial charge in [-0.15, -0.1) is 0 Å². The number of carbonyl (C=O) groups is 2. The molecule has 25 heavy (non-hydrogen) atoms. The molecular weight excluding hydrogens is 324 g/mol. The Bertz CT molecular complexity index is 590. The van der Waals surface area contributed by atoms with E-state index >= 15 is 0 Å². The smallest absolute Gasteiger partial charge is 0.254 e. The Kier molecular flexibility index (Phi) is 6.92. The van der Waals surface area contributed by atoms with Gasteiger partial charge in [0, 0.05) is 33.4 Å². The summed E-state index contributed by atoms with van der Waals surface area (Å²) in [5.41, 5.74) is 0.748. The number of benzene rings is 1. The van der Waals surface area contributed by atoms with Gasteiger partial charge in [0.1, 0.15) is 5.60 Å². The average molecular weight is 350 g/mol. The molecule has 1 saturated heterocycles. The molecule has 1 N–H and O–H groups in total. The highest BCUT2D eigenvalue weighted by molar-refractivity contribution is 5.94. The van der Waals surface area contributed by atoms with Crippen LogP contribution in [0, 0.1) is 0 Å². The molecule has 1 aliphatic heterocycles. The van der Waals surface area contributed by atoms with Crippen LogP contribution in [0.2, 0.25) is 0 Å². The normalized spacial score (nSPS) is 20.8. The molecule has 0 aliphatic carbocycles. The maximum Gasteiger partial charge on any atom is 0.254 e. The summed E-state index contributed by atoms with van der Waals surface area (Å²) >= 11 is 0. The van der Waals surface area contributed by atoms with Crippen LogP contribution < -0.4 is 5.32 Å². The van der Waals surface area contributed by atoms with Gasteiger partial charge in [0.05, 0.1) is 32.8 Å². The Morgan fingerprint density at radius 1 is 1.28 bits per heavy atom. The summed E-state index contributed by atoms with van der Waals surface area (Å²) < 4.78 is 16.3. The van der Waals surface area contributed by atoms with Crippen molar-refractivity contribution in [1.82, 2.24) is 10.2 Å². The van der Waals surface area contributed by atoms with Crippen LogP contribution in [0.25, 0.3) is 0 Å². The van der Waals surface area contributed by atoms with Crippen LogP contribution in [0.4, 0.5) is 0 Å². The number of amides is 2. The van der Waals surface area contributed by atoms with Crippen LogP contribution in [-0.4, -0.2) is 69.9 Å². The Morgan fingerprint density at radius 3 is 2.60 bits per heavy atom. The Labute approximate surface area is 148 Å². The monoisotopic (exact) mass is 350 g/mol. The van der Waals surface area contributed by atoms with Crippen LogP contribution in [0.5, 0.6) is 0 Å². The fraction of sp³-hybridized carbons (Fsp3) is 0.556. The van der Waals surface area contributed by atoms with Crippen LogP contribution in [0.1, 0.15) is 22.3 Å². The molecule has 1 aliphatic rings. The first-order chi connectivity index (χ1) is 12.0. The third kappa shape index (κ3) is 5.01. The van der Waals surface area contributed by atoms with E-state index in [4.69, 9.17) is 14.2 Å². The van der Waals surface area contributed by atoms with E-state index in [9.17, 15) is 9.59 Å². The molecule has 0 aromatic heterocycles. The van der Waals surface area contributed by atoms with Gasteiger partial charge in [-0.1, -0.05) is 12.1 Å². The molecule has 138 valence electrons. The first-order valence-corrected chi connectivity index (χ1v) is 8.24. The summed E-state index contributed by atoms with van der Waals surface area (Å²) in [5, 5.41) is 2.60. The predicted molar refractivity (Wildman–Crippen MR) is 92.3 cm³/mol. The first-order valence-electron chi connectivity index (χ1n) is 8.24. The third-order valence-electron chi connectivity index (χ3n) is 4.34.